The Bertz CT molecular complexity index is 508. The van der Waals surface area contributed by atoms with Crippen LogP contribution in [0.25, 0.3) is 0 Å². The lowest BCUT2D eigenvalue weighted by Gasteiger charge is -2.28. The fraction of sp³-hybridized carbons (Fsp3) is 0.588. The molecule has 0 bridgehead atoms. The summed E-state index contributed by atoms with van der Waals surface area (Å²) in [5.41, 5.74) is 0.582. The van der Waals surface area contributed by atoms with E-state index in [0.29, 0.717) is 28.9 Å². The minimum absolute atomic E-state index is 0. The average Bonchev–Trinajstić information content (AvgIpc) is 2.96. The number of amides is 1. The summed E-state index contributed by atoms with van der Waals surface area (Å²) in [6.07, 6.45) is 2.71. The summed E-state index contributed by atoms with van der Waals surface area (Å²) in [5.74, 6) is 0.736. The molecule has 1 aromatic carbocycles. The Kier molecular flexibility index (Phi) is 8.15. The molecule has 0 saturated carbocycles. The van der Waals surface area contributed by atoms with Gasteiger partial charge in [0.15, 0.2) is 0 Å². The van der Waals surface area contributed by atoms with Crippen molar-refractivity contribution in [3.05, 3.63) is 33.8 Å². The number of nitrogens with one attached hydrogen (secondary N) is 2. The van der Waals surface area contributed by atoms with Crippen molar-refractivity contribution in [2.45, 2.75) is 38.5 Å². The highest BCUT2D eigenvalue weighted by atomic mass is 35.5. The van der Waals surface area contributed by atoms with Crippen LogP contribution in [-0.2, 0) is 10.2 Å². The van der Waals surface area contributed by atoms with E-state index in [4.69, 9.17) is 23.2 Å². The number of hydrogen-bond donors (Lipinski definition) is 2. The van der Waals surface area contributed by atoms with Gasteiger partial charge in [-0.05, 0) is 49.5 Å². The summed E-state index contributed by atoms with van der Waals surface area (Å²) in [6.45, 7) is 6.72. The fourth-order valence-electron chi connectivity index (χ4n) is 2.94. The predicted molar refractivity (Wildman–Crippen MR) is 100.0 cm³/mol. The Morgan fingerprint density at radius 2 is 2.00 bits per heavy atom. The molecule has 130 valence electrons. The Labute approximate surface area is 154 Å². The molecule has 0 aliphatic carbocycles. The van der Waals surface area contributed by atoms with E-state index in [0.717, 1.165) is 25.1 Å². The van der Waals surface area contributed by atoms with Crippen LogP contribution in [0.15, 0.2) is 18.2 Å². The predicted octanol–water partition coefficient (Wildman–Crippen LogP) is 4.20. The second kappa shape index (κ2) is 9.12. The average molecular weight is 380 g/mol. The highest BCUT2D eigenvalue weighted by Gasteiger charge is 2.26. The summed E-state index contributed by atoms with van der Waals surface area (Å²) in [6, 6.07) is 5.50. The molecule has 2 N–H and O–H groups in total. The molecule has 0 aromatic heterocycles. The lowest BCUT2D eigenvalue weighted by Crippen LogP contribution is -2.37. The second-order valence-corrected chi connectivity index (χ2v) is 7.47. The van der Waals surface area contributed by atoms with Crippen molar-refractivity contribution in [3.8, 4) is 0 Å². The van der Waals surface area contributed by atoms with Crippen LogP contribution in [0.2, 0.25) is 10.0 Å². The van der Waals surface area contributed by atoms with Crippen LogP contribution in [0.5, 0.6) is 0 Å². The van der Waals surface area contributed by atoms with Gasteiger partial charge in [0.25, 0.3) is 0 Å². The molecular weight excluding hydrogens is 355 g/mol. The quantitative estimate of drug-likeness (QED) is 0.778. The first kappa shape index (κ1) is 20.6. The standard InChI is InChI=1S/C17H24Cl2N2O.ClH/c1-17(2,16-13(18)4-3-5-14(16)19)11-21-15(22)7-6-12-8-9-20-10-12;/h3-5,12,20H,6-11H2,1-2H3,(H,21,22);1H. The normalized spacial score (nSPS) is 17.7. The van der Waals surface area contributed by atoms with Gasteiger partial charge < -0.3 is 10.6 Å². The van der Waals surface area contributed by atoms with E-state index in [-0.39, 0.29) is 23.7 Å². The molecule has 0 radical (unpaired) electrons. The molecule has 23 heavy (non-hydrogen) atoms. The van der Waals surface area contributed by atoms with Gasteiger partial charge in [-0.15, -0.1) is 12.4 Å². The molecule has 1 saturated heterocycles. The van der Waals surface area contributed by atoms with Gasteiger partial charge in [0.1, 0.15) is 0 Å². The molecular formula is C17H25Cl3N2O. The number of carbonyl (C=O) groups is 1. The molecule has 6 heteroatoms. The van der Waals surface area contributed by atoms with E-state index in [1.807, 2.05) is 32.0 Å². The molecule has 1 unspecified atom stereocenters. The second-order valence-electron chi connectivity index (χ2n) is 6.65. The Hall–Kier alpha value is -0.480. The van der Waals surface area contributed by atoms with Crippen LogP contribution >= 0.6 is 35.6 Å². The highest BCUT2D eigenvalue weighted by Crippen LogP contribution is 2.35. The van der Waals surface area contributed by atoms with Crippen LogP contribution in [0.4, 0.5) is 0 Å². The fourth-order valence-corrected chi connectivity index (χ4v) is 3.85. The monoisotopic (exact) mass is 378 g/mol. The lowest BCUT2D eigenvalue weighted by atomic mass is 9.84. The number of carbonyl (C=O) groups excluding carboxylic acids is 1. The molecule has 1 atom stereocenters. The summed E-state index contributed by atoms with van der Waals surface area (Å²) >= 11 is 12.5. The molecule has 1 aliphatic heterocycles. The van der Waals surface area contributed by atoms with Crippen molar-refractivity contribution >= 4 is 41.5 Å². The zero-order valence-electron chi connectivity index (χ0n) is 13.6. The topological polar surface area (TPSA) is 41.1 Å². The van der Waals surface area contributed by atoms with Crippen molar-refractivity contribution in [3.63, 3.8) is 0 Å². The number of benzene rings is 1. The molecule has 0 spiro atoms. The van der Waals surface area contributed by atoms with Gasteiger partial charge in [0, 0.05) is 28.4 Å². The van der Waals surface area contributed by atoms with Crippen molar-refractivity contribution in [2.24, 2.45) is 5.92 Å². The van der Waals surface area contributed by atoms with Gasteiger partial charge in [0.05, 0.1) is 0 Å². The molecule has 1 amide bonds. The Morgan fingerprint density at radius 1 is 1.35 bits per heavy atom. The Balaban J connectivity index is 0.00000264. The van der Waals surface area contributed by atoms with E-state index in [1.165, 1.54) is 6.42 Å². The van der Waals surface area contributed by atoms with Crippen LogP contribution in [0.3, 0.4) is 0 Å². The third kappa shape index (κ3) is 5.82. The minimum atomic E-state index is -0.306. The van der Waals surface area contributed by atoms with Gasteiger partial charge in [-0.25, -0.2) is 0 Å². The number of halogens is 3. The van der Waals surface area contributed by atoms with Gasteiger partial charge in [-0.3, -0.25) is 4.79 Å². The zero-order valence-corrected chi connectivity index (χ0v) is 16.0. The van der Waals surface area contributed by atoms with Crippen LogP contribution in [0, 0.1) is 5.92 Å². The minimum Gasteiger partial charge on any atom is -0.355 e. The van der Waals surface area contributed by atoms with Gasteiger partial charge in [-0.2, -0.15) is 0 Å². The van der Waals surface area contributed by atoms with Crippen molar-refractivity contribution in [2.75, 3.05) is 19.6 Å². The molecule has 1 aliphatic rings. The first-order valence-corrected chi connectivity index (χ1v) is 8.57. The maximum Gasteiger partial charge on any atom is 0.220 e. The van der Waals surface area contributed by atoms with Gasteiger partial charge in [-0.1, -0.05) is 43.1 Å². The van der Waals surface area contributed by atoms with E-state index in [9.17, 15) is 4.79 Å². The maximum absolute atomic E-state index is 12.1. The first-order chi connectivity index (χ1) is 10.4. The van der Waals surface area contributed by atoms with Gasteiger partial charge in [0.2, 0.25) is 5.91 Å². The maximum atomic E-state index is 12.1. The molecule has 3 nitrogen and oxygen atoms in total. The SMILES string of the molecule is CC(C)(CNC(=O)CCC1CCNC1)c1c(Cl)cccc1Cl.Cl. The Morgan fingerprint density at radius 3 is 2.57 bits per heavy atom. The van der Waals surface area contributed by atoms with E-state index in [1.54, 1.807) is 0 Å². The summed E-state index contributed by atoms with van der Waals surface area (Å²) < 4.78 is 0. The van der Waals surface area contributed by atoms with E-state index >= 15 is 0 Å². The molecule has 1 aromatic rings. The van der Waals surface area contributed by atoms with Crippen LogP contribution in [0.1, 0.15) is 38.7 Å². The largest absolute Gasteiger partial charge is 0.355 e. The van der Waals surface area contributed by atoms with Crippen LogP contribution < -0.4 is 10.6 Å². The molecule has 2 rings (SSSR count). The first-order valence-electron chi connectivity index (χ1n) is 7.82. The summed E-state index contributed by atoms with van der Waals surface area (Å²) in [7, 11) is 0. The van der Waals surface area contributed by atoms with Crippen LogP contribution in [-0.4, -0.2) is 25.5 Å². The summed E-state index contributed by atoms with van der Waals surface area (Å²) in [5, 5.41) is 7.63. The van der Waals surface area contributed by atoms with E-state index in [2.05, 4.69) is 10.6 Å². The van der Waals surface area contributed by atoms with Crippen molar-refractivity contribution in [1.29, 1.82) is 0 Å². The lowest BCUT2D eigenvalue weighted by molar-refractivity contribution is -0.121. The number of hydrogen-bond acceptors (Lipinski definition) is 2. The number of rotatable bonds is 6. The van der Waals surface area contributed by atoms with Gasteiger partial charge >= 0.3 is 0 Å². The third-order valence-electron chi connectivity index (χ3n) is 4.31. The molecule has 1 fully saturated rings. The zero-order chi connectivity index (χ0) is 16.2. The summed E-state index contributed by atoms with van der Waals surface area (Å²) in [4.78, 5) is 12.1. The molecule has 1 heterocycles. The third-order valence-corrected chi connectivity index (χ3v) is 4.94. The van der Waals surface area contributed by atoms with Crippen molar-refractivity contribution in [1.82, 2.24) is 10.6 Å². The smallest absolute Gasteiger partial charge is 0.220 e. The van der Waals surface area contributed by atoms with Crippen molar-refractivity contribution < 1.29 is 4.79 Å². The van der Waals surface area contributed by atoms with E-state index < -0.39 is 0 Å². The highest BCUT2D eigenvalue weighted by molar-refractivity contribution is 6.36.